The van der Waals surface area contributed by atoms with E-state index in [4.69, 9.17) is 0 Å². The molecule has 0 unspecified atom stereocenters. The van der Waals surface area contributed by atoms with Crippen LogP contribution in [0.25, 0.3) is 15.9 Å². The summed E-state index contributed by atoms with van der Waals surface area (Å²) in [5.41, 5.74) is -0.268. The predicted octanol–water partition coefficient (Wildman–Crippen LogP) is 3.54. The Hall–Kier alpha value is -3.06. The molecule has 0 radical (unpaired) electrons. The van der Waals surface area contributed by atoms with Crippen LogP contribution >= 0.6 is 11.3 Å². The molecule has 4 nitrogen and oxygen atoms in total. The van der Waals surface area contributed by atoms with Crippen LogP contribution in [-0.4, -0.2) is 9.13 Å². The molecule has 130 valence electrons. The monoisotopic (exact) mass is 370 g/mol. The lowest BCUT2D eigenvalue weighted by molar-refractivity contribution is 0.594. The summed E-state index contributed by atoms with van der Waals surface area (Å²) < 4.78 is 30.3. The normalized spacial score (nSPS) is 11.2. The number of fused-ring (bicyclic) bond motifs is 1. The van der Waals surface area contributed by atoms with Crippen LogP contribution in [0.15, 0.2) is 69.6 Å². The van der Waals surface area contributed by atoms with Gasteiger partial charge in [-0.2, -0.15) is 0 Å². The molecule has 4 aromatic rings. The zero-order valence-corrected chi connectivity index (χ0v) is 14.2. The lowest BCUT2D eigenvalue weighted by atomic mass is 10.2. The van der Waals surface area contributed by atoms with Crippen molar-refractivity contribution in [1.29, 1.82) is 0 Å². The standard InChI is InChI=1S/C19H12F2N2O2S/c20-13-5-3-6-14(10-13)23-18(24)17-16(8-9-26-17)22(19(23)25)11-12-4-1-2-7-15(12)21/h1-10H,11H2. The SMILES string of the molecule is O=c1c2sccc2n(Cc2ccccc2F)c(=O)n1-c1cccc(F)c1. The first-order valence-corrected chi connectivity index (χ1v) is 8.66. The van der Waals surface area contributed by atoms with E-state index in [1.165, 1.54) is 40.2 Å². The van der Waals surface area contributed by atoms with Crippen molar-refractivity contribution in [3.05, 3.63) is 98.0 Å². The van der Waals surface area contributed by atoms with Gasteiger partial charge in [-0.15, -0.1) is 11.3 Å². The van der Waals surface area contributed by atoms with Gasteiger partial charge in [0.05, 0.1) is 17.7 Å². The molecular formula is C19H12F2N2O2S. The van der Waals surface area contributed by atoms with Crippen molar-refractivity contribution >= 4 is 21.6 Å². The van der Waals surface area contributed by atoms with Crippen LogP contribution in [0.5, 0.6) is 0 Å². The highest BCUT2D eigenvalue weighted by molar-refractivity contribution is 7.17. The first-order valence-electron chi connectivity index (χ1n) is 7.78. The van der Waals surface area contributed by atoms with E-state index in [0.29, 0.717) is 15.8 Å². The number of benzene rings is 2. The molecule has 0 atom stereocenters. The van der Waals surface area contributed by atoms with Gasteiger partial charge in [-0.3, -0.25) is 9.36 Å². The molecule has 0 bridgehead atoms. The van der Waals surface area contributed by atoms with Crippen molar-refractivity contribution in [2.24, 2.45) is 0 Å². The largest absolute Gasteiger partial charge is 0.336 e. The summed E-state index contributed by atoms with van der Waals surface area (Å²) in [7, 11) is 0. The fraction of sp³-hybridized carbons (Fsp3) is 0.0526. The summed E-state index contributed by atoms with van der Waals surface area (Å²) in [6.45, 7) is -0.0334. The third-order valence-corrected chi connectivity index (χ3v) is 5.00. The molecule has 0 aliphatic carbocycles. The van der Waals surface area contributed by atoms with E-state index in [9.17, 15) is 18.4 Å². The maximum atomic E-state index is 14.1. The summed E-state index contributed by atoms with van der Waals surface area (Å²) in [6.07, 6.45) is 0. The van der Waals surface area contributed by atoms with Crippen molar-refractivity contribution in [3.8, 4) is 5.69 Å². The van der Waals surface area contributed by atoms with Crippen LogP contribution in [0.3, 0.4) is 0 Å². The molecule has 4 rings (SSSR count). The highest BCUT2D eigenvalue weighted by Gasteiger charge is 2.17. The second-order valence-electron chi connectivity index (χ2n) is 5.72. The Labute approximate surface area is 150 Å². The molecular weight excluding hydrogens is 358 g/mol. The number of hydrogen-bond donors (Lipinski definition) is 0. The number of hydrogen-bond acceptors (Lipinski definition) is 3. The van der Waals surface area contributed by atoms with Gasteiger partial charge in [0, 0.05) is 5.56 Å². The van der Waals surface area contributed by atoms with Crippen LogP contribution in [-0.2, 0) is 6.54 Å². The minimum atomic E-state index is -0.644. The average molecular weight is 370 g/mol. The van der Waals surface area contributed by atoms with Crippen LogP contribution in [0.4, 0.5) is 8.78 Å². The molecule has 0 fully saturated rings. The van der Waals surface area contributed by atoms with E-state index < -0.39 is 22.9 Å². The Morgan fingerprint density at radius 2 is 1.77 bits per heavy atom. The van der Waals surface area contributed by atoms with Gasteiger partial charge in [-0.1, -0.05) is 24.3 Å². The van der Waals surface area contributed by atoms with E-state index in [1.807, 2.05) is 0 Å². The zero-order chi connectivity index (χ0) is 18.3. The minimum absolute atomic E-state index is 0.0334. The summed E-state index contributed by atoms with van der Waals surface area (Å²) in [4.78, 5) is 25.8. The Kier molecular flexibility index (Phi) is 4.00. The minimum Gasteiger partial charge on any atom is -0.287 e. The van der Waals surface area contributed by atoms with Crippen molar-refractivity contribution in [2.75, 3.05) is 0 Å². The highest BCUT2D eigenvalue weighted by Crippen LogP contribution is 2.18. The molecule has 0 spiro atoms. The van der Waals surface area contributed by atoms with E-state index in [2.05, 4.69) is 0 Å². The van der Waals surface area contributed by atoms with E-state index >= 15 is 0 Å². The summed E-state index contributed by atoms with van der Waals surface area (Å²) in [5, 5.41) is 1.69. The Morgan fingerprint density at radius 1 is 0.962 bits per heavy atom. The summed E-state index contributed by atoms with van der Waals surface area (Å²) in [6, 6.07) is 13.1. The smallest absolute Gasteiger partial charge is 0.287 e. The second-order valence-corrected chi connectivity index (χ2v) is 6.63. The van der Waals surface area contributed by atoms with Gasteiger partial charge in [0.2, 0.25) is 0 Å². The summed E-state index contributed by atoms with van der Waals surface area (Å²) in [5.74, 6) is -0.994. The molecule has 0 aliphatic rings. The Bertz CT molecular complexity index is 1240. The Morgan fingerprint density at radius 3 is 2.54 bits per heavy atom. The van der Waals surface area contributed by atoms with Gasteiger partial charge in [-0.25, -0.2) is 18.1 Å². The van der Waals surface area contributed by atoms with E-state index in [0.717, 1.165) is 10.6 Å². The fourth-order valence-corrected chi connectivity index (χ4v) is 3.70. The molecule has 2 aromatic heterocycles. The lowest BCUT2D eigenvalue weighted by Gasteiger charge is -2.13. The van der Waals surface area contributed by atoms with Gasteiger partial charge < -0.3 is 0 Å². The van der Waals surface area contributed by atoms with Crippen molar-refractivity contribution in [2.45, 2.75) is 6.54 Å². The van der Waals surface area contributed by atoms with E-state index in [1.54, 1.807) is 29.6 Å². The number of thiophene rings is 1. The van der Waals surface area contributed by atoms with Crippen LogP contribution in [0.2, 0.25) is 0 Å². The third-order valence-electron chi connectivity index (χ3n) is 4.11. The average Bonchev–Trinajstić information content (AvgIpc) is 3.10. The van der Waals surface area contributed by atoms with E-state index in [-0.39, 0.29) is 12.2 Å². The third kappa shape index (κ3) is 2.66. The number of rotatable bonds is 3. The van der Waals surface area contributed by atoms with Crippen molar-refractivity contribution in [3.63, 3.8) is 0 Å². The highest BCUT2D eigenvalue weighted by atomic mass is 32.1. The quantitative estimate of drug-likeness (QED) is 0.554. The number of aromatic nitrogens is 2. The van der Waals surface area contributed by atoms with Gasteiger partial charge in [-0.05, 0) is 35.7 Å². The molecule has 26 heavy (non-hydrogen) atoms. The molecule has 0 N–H and O–H groups in total. The molecule has 2 heterocycles. The second kappa shape index (κ2) is 6.34. The first-order chi connectivity index (χ1) is 12.6. The zero-order valence-electron chi connectivity index (χ0n) is 13.4. The van der Waals surface area contributed by atoms with Crippen LogP contribution in [0.1, 0.15) is 5.56 Å². The fourth-order valence-electron chi connectivity index (χ4n) is 2.88. The van der Waals surface area contributed by atoms with Gasteiger partial charge >= 0.3 is 5.69 Å². The molecule has 7 heteroatoms. The van der Waals surface area contributed by atoms with Gasteiger partial charge in [0.1, 0.15) is 16.3 Å². The lowest BCUT2D eigenvalue weighted by Crippen LogP contribution is -2.38. The maximum Gasteiger partial charge on any atom is 0.336 e. The van der Waals surface area contributed by atoms with Crippen molar-refractivity contribution < 1.29 is 8.78 Å². The van der Waals surface area contributed by atoms with Crippen molar-refractivity contribution in [1.82, 2.24) is 9.13 Å². The predicted molar refractivity (Wildman–Crippen MR) is 97.1 cm³/mol. The summed E-state index contributed by atoms with van der Waals surface area (Å²) >= 11 is 1.18. The number of nitrogens with zero attached hydrogens (tertiary/aromatic N) is 2. The number of halogens is 2. The van der Waals surface area contributed by atoms with Gasteiger partial charge in [0.15, 0.2) is 0 Å². The maximum absolute atomic E-state index is 14.1. The van der Waals surface area contributed by atoms with Crippen LogP contribution < -0.4 is 11.2 Å². The molecule has 0 aliphatic heterocycles. The molecule has 2 aromatic carbocycles. The first kappa shape index (κ1) is 16.4. The Balaban J connectivity index is 2.02. The molecule has 0 saturated carbocycles. The molecule has 0 saturated heterocycles. The van der Waals surface area contributed by atoms with Crippen LogP contribution in [0, 0.1) is 11.6 Å². The van der Waals surface area contributed by atoms with Gasteiger partial charge in [0.25, 0.3) is 5.56 Å². The topological polar surface area (TPSA) is 44.0 Å². The molecule has 0 amide bonds.